The number of nitrogens with zero attached hydrogens (tertiary/aromatic N) is 3. The largest absolute Gasteiger partial charge is 0.314 e. The van der Waals surface area contributed by atoms with E-state index in [0.29, 0.717) is 11.0 Å². The molecule has 0 radical (unpaired) electrons. The summed E-state index contributed by atoms with van der Waals surface area (Å²) in [6.07, 6.45) is 1.67. The molecule has 16 heavy (non-hydrogen) atoms. The maximum atomic E-state index is 13.1. The number of hydrogen-bond acceptors (Lipinski definition) is 3. The molecule has 1 N–H and O–H groups in total. The second-order valence-corrected chi connectivity index (χ2v) is 4.12. The number of hydrogen-bond donors (Lipinski definition) is 1. The molecule has 0 aliphatic heterocycles. The van der Waals surface area contributed by atoms with Crippen LogP contribution in [0.1, 0.15) is 5.69 Å². The van der Waals surface area contributed by atoms with Gasteiger partial charge in [-0.05, 0) is 41.2 Å². The molecule has 0 aliphatic carbocycles. The highest BCUT2D eigenvalue weighted by atomic mass is 79.9. The van der Waals surface area contributed by atoms with Gasteiger partial charge >= 0.3 is 0 Å². The van der Waals surface area contributed by atoms with Crippen LogP contribution in [0.4, 0.5) is 4.39 Å². The van der Waals surface area contributed by atoms with Gasteiger partial charge in [0.2, 0.25) is 0 Å². The van der Waals surface area contributed by atoms with Crippen molar-refractivity contribution in [1.82, 2.24) is 20.3 Å². The lowest BCUT2D eigenvalue weighted by Gasteiger charge is -2.06. The van der Waals surface area contributed by atoms with Gasteiger partial charge in [-0.2, -0.15) is 0 Å². The molecule has 0 saturated heterocycles. The second kappa shape index (κ2) is 4.71. The zero-order valence-electron chi connectivity index (χ0n) is 8.61. The highest BCUT2D eigenvalue weighted by Gasteiger charge is 2.07. The first kappa shape index (κ1) is 11.2. The first-order valence-corrected chi connectivity index (χ1v) is 5.51. The maximum Gasteiger partial charge on any atom is 0.137 e. The van der Waals surface area contributed by atoms with Gasteiger partial charge in [-0.1, -0.05) is 5.21 Å². The summed E-state index contributed by atoms with van der Waals surface area (Å²) in [5.74, 6) is -0.293. The molecule has 0 bridgehead atoms. The third-order valence-corrected chi connectivity index (χ3v) is 2.73. The predicted octanol–water partition coefficient (Wildman–Crippen LogP) is 1.89. The van der Waals surface area contributed by atoms with Gasteiger partial charge in [-0.3, -0.25) is 0 Å². The van der Waals surface area contributed by atoms with Gasteiger partial charge in [0.1, 0.15) is 5.82 Å². The Hall–Kier alpha value is -1.27. The summed E-state index contributed by atoms with van der Waals surface area (Å²) in [6.45, 7) is 0.655. The van der Waals surface area contributed by atoms with Crippen LogP contribution in [0.15, 0.2) is 28.9 Å². The normalized spacial score (nSPS) is 10.7. The molecule has 0 aliphatic rings. The van der Waals surface area contributed by atoms with Crippen molar-refractivity contribution in [2.24, 2.45) is 0 Å². The standard InChI is InChI=1S/C10H10BrFN4/c1-13-5-8-6-14-15-16(8)7-2-3-10(12)9(11)4-7/h2-4,6,13H,5H2,1H3. The van der Waals surface area contributed by atoms with Crippen LogP contribution in [-0.2, 0) is 6.54 Å². The summed E-state index contributed by atoms with van der Waals surface area (Å²) in [7, 11) is 1.85. The van der Waals surface area contributed by atoms with Crippen molar-refractivity contribution >= 4 is 15.9 Å². The summed E-state index contributed by atoms with van der Waals surface area (Å²) in [4.78, 5) is 0. The minimum absolute atomic E-state index is 0.293. The zero-order chi connectivity index (χ0) is 11.5. The van der Waals surface area contributed by atoms with E-state index < -0.39 is 0 Å². The molecule has 1 aromatic heterocycles. The molecule has 0 atom stereocenters. The molecule has 0 saturated carbocycles. The van der Waals surface area contributed by atoms with Crippen molar-refractivity contribution in [3.63, 3.8) is 0 Å². The molecular formula is C10H10BrFN4. The van der Waals surface area contributed by atoms with E-state index in [-0.39, 0.29) is 5.82 Å². The predicted molar refractivity (Wildman–Crippen MR) is 61.8 cm³/mol. The Morgan fingerprint density at radius 1 is 1.50 bits per heavy atom. The number of benzene rings is 1. The lowest BCUT2D eigenvalue weighted by molar-refractivity contribution is 0.619. The lowest BCUT2D eigenvalue weighted by atomic mass is 10.3. The van der Waals surface area contributed by atoms with Crippen molar-refractivity contribution in [1.29, 1.82) is 0 Å². The minimum atomic E-state index is -0.293. The van der Waals surface area contributed by atoms with Gasteiger partial charge in [0.25, 0.3) is 0 Å². The average Bonchev–Trinajstić information content (AvgIpc) is 2.71. The Bertz CT molecular complexity index is 497. The molecule has 1 aromatic carbocycles. The highest BCUT2D eigenvalue weighted by Crippen LogP contribution is 2.19. The molecule has 0 fully saturated rings. The molecule has 2 rings (SSSR count). The lowest BCUT2D eigenvalue weighted by Crippen LogP contribution is -2.11. The Balaban J connectivity index is 2.42. The van der Waals surface area contributed by atoms with Crippen LogP contribution in [-0.4, -0.2) is 22.0 Å². The summed E-state index contributed by atoms with van der Waals surface area (Å²) >= 11 is 3.14. The molecule has 4 nitrogen and oxygen atoms in total. The monoisotopic (exact) mass is 284 g/mol. The molecule has 1 heterocycles. The summed E-state index contributed by atoms with van der Waals surface area (Å²) in [6, 6.07) is 4.72. The van der Waals surface area contributed by atoms with Gasteiger partial charge in [0, 0.05) is 6.54 Å². The van der Waals surface area contributed by atoms with E-state index in [2.05, 4.69) is 31.6 Å². The van der Waals surface area contributed by atoms with Crippen LogP contribution < -0.4 is 5.32 Å². The van der Waals surface area contributed by atoms with Crippen LogP contribution in [0.25, 0.3) is 5.69 Å². The average molecular weight is 285 g/mol. The molecular weight excluding hydrogens is 275 g/mol. The molecule has 6 heteroatoms. The fourth-order valence-electron chi connectivity index (χ4n) is 1.39. The zero-order valence-corrected chi connectivity index (χ0v) is 10.2. The minimum Gasteiger partial charge on any atom is -0.314 e. The molecule has 0 amide bonds. The number of nitrogens with one attached hydrogen (secondary N) is 1. The molecule has 0 spiro atoms. The van der Waals surface area contributed by atoms with Crippen molar-refractivity contribution in [3.05, 3.63) is 40.4 Å². The van der Waals surface area contributed by atoms with E-state index in [1.807, 2.05) is 7.05 Å². The highest BCUT2D eigenvalue weighted by molar-refractivity contribution is 9.10. The Morgan fingerprint density at radius 3 is 3.00 bits per heavy atom. The quantitative estimate of drug-likeness (QED) is 0.936. The first-order chi connectivity index (χ1) is 7.72. The SMILES string of the molecule is CNCc1cnnn1-c1ccc(F)c(Br)c1. The van der Waals surface area contributed by atoms with E-state index in [1.165, 1.54) is 6.07 Å². The van der Waals surface area contributed by atoms with E-state index in [1.54, 1.807) is 23.0 Å². The Morgan fingerprint density at radius 2 is 2.31 bits per heavy atom. The fraction of sp³-hybridized carbons (Fsp3) is 0.200. The third kappa shape index (κ3) is 2.12. The van der Waals surface area contributed by atoms with Crippen molar-refractivity contribution in [2.45, 2.75) is 6.54 Å². The van der Waals surface area contributed by atoms with Crippen LogP contribution in [0.3, 0.4) is 0 Å². The van der Waals surface area contributed by atoms with E-state index in [9.17, 15) is 4.39 Å². The maximum absolute atomic E-state index is 13.1. The Labute approximate surface area is 101 Å². The van der Waals surface area contributed by atoms with Crippen LogP contribution in [0.5, 0.6) is 0 Å². The van der Waals surface area contributed by atoms with Crippen LogP contribution in [0.2, 0.25) is 0 Å². The van der Waals surface area contributed by atoms with Gasteiger partial charge in [0.15, 0.2) is 0 Å². The van der Waals surface area contributed by atoms with E-state index >= 15 is 0 Å². The molecule has 2 aromatic rings. The van der Waals surface area contributed by atoms with Crippen LogP contribution in [0, 0.1) is 5.82 Å². The van der Waals surface area contributed by atoms with Gasteiger partial charge in [-0.25, -0.2) is 9.07 Å². The van der Waals surface area contributed by atoms with Crippen molar-refractivity contribution < 1.29 is 4.39 Å². The number of halogens is 2. The van der Waals surface area contributed by atoms with Gasteiger partial charge < -0.3 is 5.32 Å². The van der Waals surface area contributed by atoms with Crippen molar-refractivity contribution in [3.8, 4) is 5.69 Å². The molecule has 0 unspecified atom stereocenters. The third-order valence-electron chi connectivity index (χ3n) is 2.13. The summed E-state index contributed by atoms with van der Waals surface area (Å²) in [5.41, 5.74) is 1.69. The summed E-state index contributed by atoms with van der Waals surface area (Å²) in [5, 5.41) is 10.8. The first-order valence-electron chi connectivity index (χ1n) is 4.72. The smallest absolute Gasteiger partial charge is 0.137 e. The Kier molecular flexibility index (Phi) is 3.31. The fourth-order valence-corrected chi connectivity index (χ4v) is 1.76. The van der Waals surface area contributed by atoms with Gasteiger partial charge in [-0.15, -0.1) is 5.10 Å². The van der Waals surface area contributed by atoms with Crippen LogP contribution >= 0.6 is 15.9 Å². The van der Waals surface area contributed by atoms with E-state index in [4.69, 9.17) is 0 Å². The van der Waals surface area contributed by atoms with Crippen molar-refractivity contribution in [2.75, 3.05) is 7.05 Å². The van der Waals surface area contributed by atoms with Gasteiger partial charge in [0.05, 0.1) is 22.1 Å². The summed E-state index contributed by atoms with van der Waals surface area (Å²) < 4.78 is 15.2. The molecule has 84 valence electrons. The number of aromatic nitrogens is 3. The topological polar surface area (TPSA) is 42.7 Å². The second-order valence-electron chi connectivity index (χ2n) is 3.27. The number of rotatable bonds is 3. The van der Waals surface area contributed by atoms with E-state index in [0.717, 1.165) is 11.4 Å².